The monoisotopic (exact) mass is 420 g/mol. The van der Waals surface area contributed by atoms with Crippen molar-refractivity contribution >= 4 is 47.8 Å². The summed E-state index contributed by atoms with van der Waals surface area (Å²) in [5, 5.41) is 9.63. The Morgan fingerprint density at radius 2 is 1.53 bits per heavy atom. The first-order valence-electron chi connectivity index (χ1n) is 4.69. The van der Waals surface area contributed by atoms with Gasteiger partial charge in [0.2, 0.25) is 0 Å². The molecule has 2 nitrogen and oxygen atoms in total. The van der Waals surface area contributed by atoms with E-state index in [1.54, 1.807) is 24.3 Å². The van der Waals surface area contributed by atoms with E-state index in [-0.39, 0.29) is 5.75 Å². The quantitative estimate of drug-likeness (QED) is 0.650. The van der Waals surface area contributed by atoms with E-state index in [1.165, 1.54) is 0 Å². The van der Waals surface area contributed by atoms with Crippen molar-refractivity contribution in [3.05, 3.63) is 49.8 Å². The lowest BCUT2D eigenvalue weighted by Gasteiger charge is -2.10. The van der Waals surface area contributed by atoms with Gasteiger partial charge in [0.25, 0.3) is 0 Å². The van der Waals surface area contributed by atoms with Crippen LogP contribution in [0, 0.1) is 0 Å². The Balaban J connectivity index is 2.38. The van der Waals surface area contributed by atoms with E-state index in [1.807, 2.05) is 12.1 Å². The van der Waals surface area contributed by atoms with E-state index in [2.05, 4.69) is 47.8 Å². The molecule has 2 aromatic carbocycles. The average molecular weight is 423 g/mol. The van der Waals surface area contributed by atoms with Crippen molar-refractivity contribution < 1.29 is 9.84 Å². The van der Waals surface area contributed by atoms with Gasteiger partial charge in [0.05, 0.1) is 4.47 Å². The summed E-state index contributed by atoms with van der Waals surface area (Å²) in [6.45, 7) is 0. The smallest absolute Gasteiger partial charge is 0.169 e. The minimum atomic E-state index is 0.110. The zero-order valence-corrected chi connectivity index (χ0v) is 13.2. The van der Waals surface area contributed by atoms with E-state index >= 15 is 0 Å². The number of phenolic OH excluding ortho intramolecular Hbond substituents is 1. The molecule has 2 aromatic rings. The summed E-state index contributed by atoms with van der Waals surface area (Å²) >= 11 is 10.3. The minimum absolute atomic E-state index is 0.110. The summed E-state index contributed by atoms with van der Waals surface area (Å²) in [4.78, 5) is 0. The Kier molecular flexibility index (Phi) is 4.12. The first-order valence-corrected chi connectivity index (χ1v) is 7.07. The van der Waals surface area contributed by atoms with E-state index in [9.17, 15) is 5.11 Å². The molecule has 0 aliphatic carbocycles. The summed E-state index contributed by atoms with van der Waals surface area (Å²) in [6.07, 6.45) is 0. The molecule has 0 radical (unpaired) electrons. The molecule has 0 unspecified atom stereocenters. The molecule has 88 valence electrons. The van der Waals surface area contributed by atoms with Crippen LogP contribution in [0.4, 0.5) is 0 Å². The van der Waals surface area contributed by atoms with Gasteiger partial charge < -0.3 is 9.84 Å². The number of hydrogen-bond acceptors (Lipinski definition) is 2. The molecule has 0 saturated carbocycles. The van der Waals surface area contributed by atoms with Crippen molar-refractivity contribution in [1.29, 1.82) is 0 Å². The lowest BCUT2D eigenvalue weighted by atomic mass is 10.3. The SMILES string of the molecule is Oc1ccccc1Oc1ccc(Br)c(Br)c1Br. The van der Waals surface area contributed by atoms with Gasteiger partial charge >= 0.3 is 0 Å². The molecule has 5 heteroatoms. The lowest BCUT2D eigenvalue weighted by molar-refractivity contribution is 0.410. The molecular formula is C12H7Br3O2. The highest BCUT2D eigenvalue weighted by Crippen LogP contribution is 2.41. The first kappa shape index (κ1) is 12.9. The number of phenols is 1. The number of para-hydroxylation sites is 2. The third-order valence-electron chi connectivity index (χ3n) is 2.08. The van der Waals surface area contributed by atoms with Crippen LogP contribution < -0.4 is 4.74 Å². The van der Waals surface area contributed by atoms with Crippen LogP contribution in [0.15, 0.2) is 49.8 Å². The maximum absolute atomic E-state index is 9.63. The van der Waals surface area contributed by atoms with Crippen LogP contribution in [0.2, 0.25) is 0 Å². The van der Waals surface area contributed by atoms with Crippen LogP contribution >= 0.6 is 47.8 Å². The zero-order valence-electron chi connectivity index (χ0n) is 8.45. The van der Waals surface area contributed by atoms with Gasteiger partial charge in [0.1, 0.15) is 5.75 Å². The third-order valence-corrected chi connectivity index (χ3v) is 5.42. The third kappa shape index (κ3) is 2.84. The van der Waals surface area contributed by atoms with E-state index in [4.69, 9.17) is 4.74 Å². The van der Waals surface area contributed by atoms with Crippen LogP contribution in [-0.4, -0.2) is 5.11 Å². The second kappa shape index (κ2) is 5.42. The van der Waals surface area contributed by atoms with Gasteiger partial charge in [-0.25, -0.2) is 0 Å². The average Bonchev–Trinajstić information content (AvgIpc) is 2.32. The number of hydrogen-bond donors (Lipinski definition) is 1. The fraction of sp³-hybridized carbons (Fsp3) is 0. The molecule has 2 rings (SSSR count). The Labute approximate surface area is 124 Å². The fourth-order valence-electron chi connectivity index (χ4n) is 1.25. The van der Waals surface area contributed by atoms with Gasteiger partial charge in [-0.1, -0.05) is 12.1 Å². The molecular weight excluding hydrogens is 416 g/mol. The summed E-state index contributed by atoms with van der Waals surface area (Å²) in [7, 11) is 0. The topological polar surface area (TPSA) is 29.5 Å². The number of benzene rings is 2. The molecule has 0 bridgehead atoms. The first-order chi connectivity index (χ1) is 8.09. The number of ether oxygens (including phenoxy) is 1. The highest BCUT2D eigenvalue weighted by molar-refractivity contribution is 9.14. The Hall–Kier alpha value is -0.520. The van der Waals surface area contributed by atoms with Crippen molar-refractivity contribution in [3.63, 3.8) is 0 Å². The van der Waals surface area contributed by atoms with Gasteiger partial charge in [0, 0.05) is 8.95 Å². The minimum Gasteiger partial charge on any atom is -0.504 e. The predicted octanol–water partition coefficient (Wildman–Crippen LogP) is 5.47. The Morgan fingerprint density at radius 1 is 0.824 bits per heavy atom. The van der Waals surface area contributed by atoms with Crippen LogP contribution in [-0.2, 0) is 0 Å². The zero-order chi connectivity index (χ0) is 12.4. The molecule has 0 aliphatic heterocycles. The highest BCUT2D eigenvalue weighted by atomic mass is 79.9. The molecule has 0 amide bonds. The number of aromatic hydroxyl groups is 1. The predicted molar refractivity (Wildman–Crippen MR) is 77.7 cm³/mol. The molecule has 0 atom stereocenters. The van der Waals surface area contributed by atoms with E-state index < -0.39 is 0 Å². The molecule has 0 saturated heterocycles. The van der Waals surface area contributed by atoms with Crippen LogP contribution in [0.3, 0.4) is 0 Å². The molecule has 0 spiro atoms. The highest BCUT2D eigenvalue weighted by Gasteiger charge is 2.10. The van der Waals surface area contributed by atoms with Gasteiger partial charge in [0.15, 0.2) is 11.5 Å². The van der Waals surface area contributed by atoms with Gasteiger partial charge in [-0.05, 0) is 72.1 Å². The fourth-order valence-corrected chi connectivity index (χ4v) is 2.60. The largest absolute Gasteiger partial charge is 0.504 e. The maximum atomic E-state index is 9.63. The van der Waals surface area contributed by atoms with Crippen LogP contribution in [0.5, 0.6) is 17.2 Å². The summed E-state index contributed by atoms with van der Waals surface area (Å²) in [5.74, 6) is 1.16. The molecule has 0 aliphatic rings. The molecule has 0 heterocycles. The van der Waals surface area contributed by atoms with Crippen molar-refractivity contribution in [2.24, 2.45) is 0 Å². The number of halogens is 3. The van der Waals surface area contributed by atoms with Crippen LogP contribution in [0.25, 0.3) is 0 Å². The second-order valence-corrected chi connectivity index (χ2v) is 5.68. The van der Waals surface area contributed by atoms with Gasteiger partial charge in [-0.2, -0.15) is 0 Å². The van der Waals surface area contributed by atoms with Gasteiger partial charge in [-0.3, -0.25) is 0 Å². The van der Waals surface area contributed by atoms with Crippen LogP contribution in [0.1, 0.15) is 0 Å². The van der Waals surface area contributed by atoms with Crippen molar-refractivity contribution in [1.82, 2.24) is 0 Å². The number of rotatable bonds is 2. The normalized spacial score (nSPS) is 10.3. The maximum Gasteiger partial charge on any atom is 0.169 e. The molecule has 0 fully saturated rings. The van der Waals surface area contributed by atoms with Crippen molar-refractivity contribution in [2.45, 2.75) is 0 Å². The molecule has 1 N–H and O–H groups in total. The lowest BCUT2D eigenvalue weighted by Crippen LogP contribution is -1.87. The van der Waals surface area contributed by atoms with Gasteiger partial charge in [-0.15, -0.1) is 0 Å². The summed E-state index contributed by atoms with van der Waals surface area (Å²) in [5.41, 5.74) is 0. The standard InChI is InChI=1S/C12H7Br3O2/c13-7-5-6-10(12(15)11(7)14)17-9-4-2-1-3-8(9)16/h1-6,16H. The molecule has 17 heavy (non-hydrogen) atoms. The summed E-state index contributed by atoms with van der Waals surface area (Å²) < 4.78 is 8.21. The summed E-state index contributed by atoms with van der Waals surface area (Å²) in [6, 6.07) is 10.5. The van der Waals surface area contributed by atoms with E-state index in [0.29, 0.717) is 11.5 Å². The van der Waals surface area contributed by atoms with Crippen molar-refractivity contribution in [3.8, 4) is 17.2 Å². The molecule has 0 aromatic heterocycles. The van der Waals surface area contributed by atoms with Crippen molar-refractivity contribution in [2.75, 3.05) is 0 Å². The second-order valence-electron chi connectivity index (χ2n) is 3.24. The Morgan fingerprint density at radius 3 is 2.24 bits per heavy atom. The Bertz CT molecular complexity index is 555. The van der Waals surface area contributed by atoms with E-state index in [0.717, 1.165) is 13.4 Å².